The number of benzene rings is 3. The quantitative estimate of drug-likeness (QED) is 0.399. The Morgan fingerprint density at radius 1 is 0.577 bits per heavy atom. The molecule has 26 heavy (non-hydrogen) atoms. The van der Waals surface area contributed by atoms with Gasteiger partial charge in [0, 0.05) is 11.8 Å². The van der Waals surface area contributed by atoms with Crippen molar-refractivity contribution in [1.29, 1.82) is 0 Å². The van der Waals surface area contributed by atoms with Gasteiger partial charge in [0.05, 0.1) is 5.69 Å². The van der Waals surface area contributed by atoms with Crippen molar-refractivity contribution in [1.82, 2.24) is 4.98 Å². The van der Waals surface area contributed by atoms with Crippen molar-refractivity contribution in [3.63, 3.8) is 0 Å². The van der Waals surface area contributed by atoms with Crippen LogP contribution in [-0.2, 0) is 0 Å². The van der Waals surface area contributed by atoms with E-state index in [1.165, 1.54) is 14.7 Å². The fourth-order valence-corrected chi connectivity index (χ4v) is 6.17. The van der Waals surface area contributed by atoms with E-state index in [9.17, 15) is 0 Å². The summed E-state index contributed by atoms with van der Waals surface area (Å²) in [5, 5.41) is 0. The van der Waals surface area contributed by atoms with Gasteiger partial charge in [-0.3, -0.25) is 4.98 Å². The maximum Gasteiger partial charge on any atom is 0.0702 e. The third-order valence-electron chi connectivity index (χ3n) is 4.70. The van der Waals surface area contributed by atoms with Crippen LogP contribution in [-0.4, -0.2) is 11.2 Å². The summed E-state index contributed by atoms with van der Waals surface area (Å²) in [6, 6.07) is 36.6. The van der Waals surface area contributed by atoms with Gasteiger partial charge in [-0.15, -0.1) is 0 Å². The monoisotopic (exact) mass is 355 g/mol. The maximum atomic E-state index is 4.53. The molecule has 0 radical (unpaired) electrons. The van der Waals surface area contributed by atoms with Crippen LogP contribution < -0.4 is 0 Å². The van der Waals surface area contributed by atoms with Crippen LogP contribution in [0.15, 0.2) is 124 Å². The van der Waals surface area contributed by atoms with Crippen LogP contribution in [0.1, 0.15) is 0 Å². The molecule has 0 aliphatic heterocycles. The van der Waals surface area contributed by atoms with Crippen molar-refractivity contribution in [3.05, 3.63) is 109 Å². The van der Waals surface area contributed by atoms with Gasteiger partial charge >= 0.3 is 0 Å². The summed E-state index contributed by atoms with van der Waals surface area (Å²) in [6.45, 7) is 0. The van der Waals surface area contributed by atoms with Crippen molar-refractivity contribution < 1.29 is 0 Å². The molecule has 0 fully saturated rings. The molecule has 4 rings (SSSR count). The molecule has 3 aromatic carbocycles. The minimum Gasteiger partial charge on any atom is -0.256 e. The van der Waals surface area contributed by atoms with Gasteiger partial charge in [0.25, 0.3) is 0 Å². The van der Waals surface area contributed by atoms with E-state index in [-0.39, 0.29) is 0 Å². The van der Waals surface area contributed by atoms with Crippen LogP contribution >= 0.6 is 10.0 Å². The van der Waals surface area contributed by atoms with Gasteiger partial charge in [-0.05, 0) is 69.5 Å². The van der Waals surface area contributed by atoms with E-state index >= 15 is 0 Å². The fourth-order valence-electron chi connectivity index (χ4n) is 3.24. The molecule has 0 saturated heterocycles. The molecule has 0 aliphatic rings. The predicted octanol–water partition coefficient (Wildman–Crippen LogP) is 6.66. The van der Waals surface area contributed by atoms with Crippen LogP contribution in [0, 0.1) is 0 Å². The Balaban J connectivity index is 1.91. The van der Waals surface area contributed by atoms with E-state index in [0.29, 0.717) is 0 Å². The smallest absolute Gasteiger partial charge is 0.0702 e. The molecule has 0 saturated carbocycles. The van der Waals surface area contributed by atoms with Crippen molar-refractivity contribution in [2.24, 2.45) is 0 Å². The van der Waals surface area contributed by atoms with Gasteiger partial charge in [0.2, 0.25) is 0 Å². The molecule has 4 aromatic rings. The van der Waals surface area contributed by atoms with E-state index in [0.717, 1.165) is 11.3 Å². The number of nitrogens with zero attached hydrogens (tertiary/aromatic N) is 1. The lowest BCUT2D eigenvalue weighted by Crippen LogP contribution is -2.01. The van der Waals surface area contributed by atoms with E-state index in [1.807, 2.05) is 18.3 Å². The summed E-state index contributed by atoms with van der Waals surface area (Å²) in [4.78, 5) is 8.60. The zero-order valence-electron chi connectivity index (χ0n) is 14.7. The number of rotatable bonds is 4. The predicted molar refractivity (Wildman–Crippen MR) is 111 cm³/mol. The molecular weight excluding hydrogens is 334 g/mol. The lowest BCUT2D eigenvalue weighted by Gasteiger charge is -2.37. The van der Waals surface area contributed by atoms with Crippen LogP contribution in [0.4, 0.5) is 0 Å². The highest BCUT2D eigenvalue weighted by molar-refractivity contribution is 8.33. The third kappa shape index (κ3) is 3.04. The molecule has 0 amide bonds. The lowest BCUT2D eigenvalue weighted by atomic mass is 10.1. The Labute approximate surface area is 156 Å². The molecule has 1 nitrogen and oxygen atoms in total. The summed E-state index contributed by atoms with van der Waals surface area (Å²) in [7, 11) is -1.33. The second-order valence-corrected chi connectivity index (χ2v) is 9.54. The molecule has 0 aliphatic carbocycles. The molecule has 1 aromatic heterocycles. The number of pyridine rings is 1. The summed E-state index contributed by atoms with van der Waals surface area (Å²) >= 11 is 0. The zero-order valence-corrected chi connectivity index (χ0v) is 15.6. The average molecular weight is 356 g/mol. The first-order chi connectivity index (χ1) is 12.8. The molecule has 128 valence electrons. The topological polar surface area (TPSA) is 12.9 Å². The normalized spacial score (nSPS) is 11.9. The molecule has 0 bridgehead atoms. The summed E-state index contributed by atoms with van der Waals surface area (Å²) in [5.74, 6) is 0. The highest BCUT2D eigenvalue weighted by Crippen LogP contribution is 2.65. The van der Waals surface area contributed by atoms with E-state index < -0.39 is 10.0 Å². The van der Waals surface area contributed by atoms with Gasteiger partial charge in [-0.1, -0.05) is 54.6 Å². The zero-order chi connectivity index (χ0) is 17.8. The number of hydrogen-bond donors (Lipinski definition) is 0. The van der Waals surface area contributed by atoms with E-state index in [2.05, 4.69) is 102 Å². The Kier molecular flexibility index (Phi) is 4.59. The summed E-state index contributed by atoms with van der Waals surface area (Å²) in [6.07, 6.45) is 4.23. The van der Waals surface area contributed by atoms with Crippen LogP contribution in [0.25, 0.3) is 11.3 Å². The van der Waals surface area contributed by atoms with Crippen LogP contribution in [0.5, 0.6) is 0 Å². The SMILES string of the molecule is CS(c1ccccc1)(c1ccccc1)c1cccc(-c2ccccn2)c1. The Morgan fingerprint density at radius 2 is 1.15 bits per heavy atom. The molecule has 0 spiro atoms. The Bertz CT molecular complexity index is 943. The van der Waals surface area contributed by atoms with Gasteiger partial charge in [-0.25, -0.2) is 0 Å². The van der Waals surface area contributed by atoms with Gasteiger partial charge in [-0.2, -0.15) is 10.0 Å². The van der Waals surface area contributed by atoms with Crippen molar-refractivity contribution >= 4 is 10.0 Å². The highest BCUT2D eigenvalue weighted by Gasteiger charge is 2.25. The minimum atomic E-state index is -1.33. The molecule has 1 heterocycles. The largest absolute Gasteiger partial charge is 0.256 e. The van der Waals surface area contributed by atoms with Gasteiger partial charge in [0.15, 0.2) is 0 Å². The second kappa shape index (κ2) is 7.19. The van der Waals surface area contributed by atoms with Crippen LogP contribution in [0.2, 0.25) is 0 Å². The highest BCUT2D eigenvalue weighted by atomic mass is 32.3. The molecule has 0 unspecified atom stereocenters. The maximum absolute atomic E-state index is 4.53. The minimum absolute atomic E-state index is 1.01. The molecular formula is C24H21NS. The van der Waals surface area contributed by atoms with E-state index in [1.54, 1.807) is 0 Å². The van der Waals surface area contributed by atoms with Crippen molar-refractivity contribution in [2.75, 3.05) is 6.26 Å². The van der Waals surface area contributed by atoms with Crippen molar-refractivity contribution in [2.45, 2.75) is 14.7 Å². The average Bonchev–Trinajstić information content (AvgIpc) is 2.75. The second-order valence-electron chi connectivity index (χ2n) is 6.29. The van der Waals surface area contributed by atoms with Crippen molar-refractivity contribution in [3.8, 4) is 11.3 Å². The number of aromatic nitrogens is 1. The third-order valence-corrected chi connectivity index (χ3v) is 8.32. The van der Waals surface area contributed by atoms with Gasteiger partial charge in [0.1, 0.15) is 0 Å². The first kappa shape index (κ1) is 16.6. The number of hydrogen-bond acceptors (Lipinski definition) is 1. The Hall–Kier alpha value is -2.84. The molecule has 0 N–H and O–H groups in total. The molecule has 0 atom stereocenters. The lowest BCUT2D eigenvalue weighted by molar-refractivity contribution is 1.28. The standard InChI is InChI=1S/C24H21NS/c1-26(21-12-4-2-5-13-21,22-14-6-3-7-15-22)23-16-10-11-20(19-23)24-17-8-9-18-25-24/h2-19H,1H3. The summed E-state index contributed by atoms with van der Waals surface area (Å²) < 4.78 is 0. The summed E-state index contributed by atoms with van der Waals surface area (Å²) in [5.41, 5.74) is 2.17. The molecule has 2 heteroatoms. The van der Waals surface area contributed by atoms with E-state index in [4.69, 9.17) is 0 Å². The fraction of sp³-hybridized carbons (Fsp3) is 0.0417. The van der Waals surface area contributed by atoms with Crippen LogP contribution in [0.3, 0.4) is 0 Å². The Morgan fingerprint density at radius 3 is 1.73 bits per heavy atom. The van der Waals surface area contributed by atoms with Gasteiger partial charge < -0.3 is 0 Å². The first-order valence-corrected chi connectivity index (χ1v) is 10.7. The first-order valence-electron chi connectivity index (χ1n) is 8.68.